The molecule has 0 aromatic heterocycles. The van der Waals surface area contributed by atoms with Gasteiger partial charge in [0.2, 0.25) is 5.91 Å². The highest BCUT2D eigenvalue weighted by Crippen LogP contribution is 2.36. The van der Waals surface area contributed by atoms with Gasteiger partial charge >= 0.3 is 0 Å². The Morgan fingerprint density at radius 1 is 1.02 bits per heavy atom. The van der Waals surface area contributed by atoms with Crippen LogP contribution in [-0.4, -0.2) is 54.8 Å². The molecule has 1 saturated heterocycles. The fourth-order valence-corrected chi connectivity index (χ4v) is 5.88. The van der Waals surface area contributed by atoms with E-state index in [1.807, 2.05) is 18.2 Å². The van der Waals surface area contributed by atoms with Gasteiger partial charge in [0.15, 0.2) is 11.5 Å². The van der Waals surface area contributed by atoms with Gasteiger partial charge in [-0.05, 0) is 68.1 Å². The van der Waals surface area contributed by atoms with Crippen molar-refractivity contribution in [1.82, 2.24) is 4.90 Å². The Labute approximate surface area is 263 Å². The minimum Gasteiger partial charge on any atom is -0.488 e. The van der Waals surface area contributed by atoms with Crippen LogP contribution in [0.5, 0.6) is 17.2 Å². The van der Waals surface area contributed by atoms with Crippen molar-refractivity contribution in [3.8, 4) is 17.2 Å². The molecule has 43 heavy (non-hydrogen) atoms. The number of rotatable bonds is 10. The van der Waals surface area contributed by atoms with Crippen LogP contribution in [0.2, 0.25) is 10.0 Å². The highest BCUT2D eigenvalue weighted by Gasteiger charge is 2.36. The van der Waals surface area contributed by atoms with Crippen LogP contribution in [0.15, 0.2) is 59.5 Å². The molecule has 3 aromatic rings. The molecule has 2 aliphatic rings. The molecule has 9 nitrogen and oxygen atoms in total. The molecule has 1 N–H and O–H groups in total. The number of anilines is 2. The fourth-order valence-electron chi connectivity index (χ4n) is 4.59. The summed E-state index contributed by atoms with van der Waals surface area (Å²) in [5.41, 5.74) is 2.76. The van der Waals surface area contributed by atoms with Gasteiger partial charge in [-0.15, -0.1) is 0 Å². The molecule has 0 saturated carbocycles. The fraction of sp³-hybridized carbons (Fsp3) is 0.258. The molecular formula is C31H29Cl2N3O6S. The molecule has 0 bridgehead atoms. The first-order chi connectivity index (χ1) is 20.7. The first-order valence-electron chi connectivity index (χ1n) is 13.7. The van der Waals surface area contributed by atoms with E-state index in [0.717, 1.165) is 41.0 Å². The maximum Gasteiger partial charge on any atom is 0.294 e. The zero-order chi connectivity index (χ0) is 30.5. The lowest BCUT2D eigenvalue weighted by Crippen LogP contribution is -2.36. The van der Waals surface area contributed by atoms with Gasteiger partial charge in [-0.1, -0.05) is 29.3 Å². The molecule has 3 amide bonds. The van der Waals surface area contributed by atoms with Gasteiger partial charge in [-0.3, -0.25) is 19.3 Å². The van der Waals surface area contributed by atoms with Crippen molar-refractivity contribution in [1.29, 1.82) is 0 Å². The molecule has 1 fully saturated rings. The maximum absolute atomic E-state index is 13.3. The van der Waals surface area contributed by atoms with Crippen molar-refractivity contribution in [2.45, 2.75) is 20.5 Å². The third-order valence-corrected chi connectivity index (χ3v) is 8.31. The number of imide groups is 1. The van der Waals surface area contributed by atoms with Crippen molar-refractivity contribution in [3.63, 3.8) is 0 Å². The molecule has 2 heterocycles. The summed E-state index contributed by atoms with van der Waals surface area (Å²) in [6.45, 7) is 6.31. The van der Waals surface area contributed by atoms with E-state index in [1.165, 1.54) is 0 Å². The Hall–Kier alpha value is -3.86. The molecule has 224 valence electrons. The lowest BCUT2D eigenvalue weighted by atomic mass is 10.1. The molecule has 3 aromatic carbocycles. The Morgan fingerprint density at radius 2 is 1.79 bits per heavy atom. The predicted molar refractivity (Wildman–Crippen MR) is 170 cm³/mol. The number of ether oxygens (including phenoxy) is 3. The van der Waals surface area contributed by atoms with E-state index >= 15 is 0 Å². The standard InChI is InChI=1S/C31H29Cl2N3O6S/c1-3-35(4-2)23-9-6-19(26(16-23)42-18-20-5-7-21(32)14-24(20)33)13-28-30(38)36(31(39)43-28)17-29(37)34-22-8-10-25-27(15-22)41-12-11-40-25/h5-10,13-16H,3-4,11-12,17-18H2,1-2H3,(H,34,37)/b28-13+. The topological polar surface area (TPSA) is 97.4 Å². The van der Waals surface area contributed by atoms with Gasteiger partial charge in [0.1, 0.15) is 32.1 Å². The number of nitrogens with zero attached hydrogens (tertiary/aromatic N) is 2. The van der Waals surface area contributed by atoms with Crippen LogP contribution < -0.4 is 24.4 Å². The van der Waals surface area contributed by atoms with Crippen molar-refractivity contribution < 1.29 is 28.6 Å². The molecule has 12 heteroatoms. The Morgan fingerprint density at radius 3 is 2.53 bits per heavy atom. The molecule has 0 radical (unpaired) electrons. The highest BCUT2D eigenvalue weighted by atomic mass is 35.5. The van der Waals surface area contributed by atoms with E-state index in [9.17, 15) is 14.4 Å². The van der Waals surface area contributed by atoms with E-state index in [1.54, 1.807) is 42.5 Å². The summed E-state index contributed by atoms with van der Waals surface area (Å²) in [6.07, 6.45) is 1.61. The van der Waals surface area contributed by atoms with Gasteiger partial charge in [-0.25, -0.2) is 0 Å². The molecule has 2 aliphatic heterocycles. The lowest BCUT2D eigenvalue weighted by Gasteiger charge is -2.22. The third-order valence-electron chi connectivity index (χ3n) is 6.81. The average molecular weight is 643 g/mol. The number of hydrogen-bond donors (Lipinski definition) is 1. The molecule has 0 atom stereocenters. The summed E-state index contributed by atoms with van der Waals surface area (Å²) in [5, 5.41) is 3.17. The van der Waals surface area contributed by atoms with Crippen LogP contribution in [0.4, 0.5) is 16.2 Å². The summed E-state index contributed by atoms with van der Waals surface area (Å²) in [5.74, 6) is 0.532. The quantitative estimate of drug-likeness (QED) is 0.240. The third kappa shape index (κ3) is 7.21. The van der Waals surface area contributed by atoms with Crippen LogP contribution >= 0.6 is 35.0 Å². The van der Waals surface area contributed by atoms with Gasteiger partial charge in [0.05, 0.1) is 4.91 Å². The van der Waals surface area contributed by atoms with E-state index in [2.05, 4.69) is 24.1 Å². The number of carbonyl (C=O) groups excluding carboxylic acids is 3. The van der Waals surface area contributed by atoms with E-state index < -0.39 is 23.6 Å². The second kappa shape index (κ2) is 13.6. The minimum absolute atomic E-state index is 0.167. The molecule has 0 aliphatic carbocycles. The second-order valence-electron chi connectivity index (χ2n) is 9.59. The first-order valence-corrected chi connectivity index (χ1v) is 15.2. The van der Waals surface area contributed by atoms with E-state index in [0.29, 0.717) is 51.8 Å². The molecular weight excluding hydrogens is 613 g/mol. The number of fused-ring (bicyclic) bond motifs is 1. The SMILES string of the molecule is CCN(CC)c1ccc(/C=C2/SC(=O)N(CC(=O)Nc3ccc4c(c3)OCCO4)C2=O)c(OCc2ccc(Cl)cc2Cl)c1. The summed E-state index contributed by atoms with van der Waals surface area (Å²) in [4.78, 5) is 42.1. The van der Waals surface area contributed by atoms with E-state index in [4.69, 9.17) is 37.4 Å². The average Bonchev–Trinajstić information content (AvgIpc) is 3.25. The smallest absolute Gasteiger partial charge is 0.294 e. The number of benzene rings is 3. The first kappa shape index (κ1) is 30.6. The van der Waals surface area contributed by atoms with E-state index in [-0.39, 0.29) is 11.5 Å². The molecule has 0 unspecified atom stereocenters. The monoisotopic (exact) mass is 641 g/mol. The molecule has 0 spiro atoms. The van der Waals surface area contributed by atoms with Crippen molar-refractivity contribution in [2.24, 2.45) is 0 Å². The normalized spacial score (nSPS) is 15.2. The van der Waals surface area contributed by atoms with Crippen LogP contribution in [0.3, 0.4) is 0 Å². The highest BCUT2D eigenvalue weighted by molar-refractivity contribution is 8.18. The van der Waals surface area contributed by atoms with Gasteiger partial charge in [0.25, 0.3) is 11.1 Å². The van der Waals surface area contributed by atoms with Gasteiger partial charge in [-0.2, -0.15) is 0 Å². The van der Waals surface area contributed by atoms with Crippen LogP contribution in [0.1, 0.15) is 25.0 Å². The molecule has 5 rings (SSSR count). The van der Waals surface area contributed by atoms with Gasteiger partial charge in [0, 0.05) is 57.8 Å². The second-order valence-corrected chi connectivity index (χ2v) is 11.4. The number of hydrogen-bond acceptors (Lipinski definition) is 8. The van der Waals surface area contributed by atoms with Crippen LogP contribution in [0, 0.1) is 0 Å². The largest absolute Gasteiger partial charge is 0.488 e. The van der Waals surface area contributed by atoms with Crippen LogP contribution in [-0.2, 0) is 16.2 Å². The Bertz CT molecular complexity index is 1590. The zero-order valence-electron chi connectivity index (χ0n) is 23.5. The summed E-state index contributed by atoms with van der Waals surface area (Å²) in [6, 6.07) is 15.8. The van der Waals surface area contributed by atoms with Crippen LogP contribution in [0.25, 0.3) is 6.08 Å². The predicted octanol–water partition coefficient (Wildman–Crippen LogP) is 6.86. The Kier molecular flexibility index (Phi) is 9.69. The minimum atomic E-state index is -0.563. The van der Waals surface area contributed by atoms with Crippen molar-refractivity contribution in [2.75, 3.05) is 43.1 Å². The summed E-state index contributed by atoms with van der Waals surface area (Å²) in [7, 11) is 0. The zero-order valence-corrected chi connectivity index (χ0v) is 25.9. The number of amides is 3. The number of thioether (sulfide) groups is 1. The summed E-state index contributed by atoms with van der Waals surface area (Å²) < 4.78 is 17.2. The summed E-state index contributed by atoms with van der Waals surface area (Å²) >= 11 is 13.2. The van der Waals surface area contributed by atoms with Crippen molar-refractivity contribution >= 4 is 69.5 Å². The number of nitrogens with one attached hydrogen (secondary N) is 1. The number of halogens is 2. The van der Waals surface area contributed by atoms with Crippen molar-refractivity contribution in [3.05, 3.63) is 80.7 Å². The maximum atomic E-state index is 13.3. The Balaban J connectivity index is 1.33. The van der Waals surface area contributed by atoms with Gasteiger partial charge < -0.3 is 24.4 Å². The lowest BCUT2D eigenvalue weighted by molar-refractivity contribution is -0.127. The number of carbonyl (C=O) groups is 3.